The van der Waals surface area contributed by atoms with Crippen molar-refractivity contribution in [3.05, 3.63) is 35.0 Å². The number of ether oxygens (including phenoxy) is 1. The highest BCUT2D eigenvalue weighted by Gasteiger charge is 2.27. The Morgan fingerprint density at radius 3 is 2.85 bits per heavy atom. The molecule has 1 aliphatic carbocycles. The SMILES string of the molecule is COc1ccc2c(c1)-c1onc(CNC(C)(C)C)c1C2. The Kier molecular flexibility index (Phi) is 3.05. The molecule has 4 nitrogen and oxygen atoms in total. The smallest absolute Gasteiger partial charge is 0.171 e. The van der Waals surface area contributed by atoms with Crippen molar-refractivity contribution in [3.63, 3.8) is 0 Å². The third-order valence-electron chi connectivity index (χ3n) is 3.58. The molecule has 0 saturated carbocycles. The van der Waals surface area contributed by atoms with Gasteiger partial charge in [0.05, 0.1) is 7.11 Å². The van der Waals surface area contributed by atoms with E-state index in [1.54, 1.807) is 7.11 Å². The highest BCUT2D eigenvalue weighted by atomic mass is 16.5. The number of fused-ring (bicyclic) bond motifs is 3. The van der Waals surface area contributed by atoms with Crippen LogP contribution in [0.2, 0.25) is 0 Å². The summed E-state index contributed by atoms with van der Waals surface area (Å²) < 4.78 is 10.8. The van der Waals surface area contributed by atoms with E-state index in [1.807, 2.05) is 12.1 Å². The predicted molar refractivity (Wildman–Crippen MR) is 77.9 cm³/mol. The second-order valence-electron chi connectivity index (χ2n) is 6.24. The molecule has 0 radical (unpaired) electrons. The van der Waals surface area contributed by atoms with Gasteiger partial charge >= 0.3 is 0 Å². The van der Waals surface area contributed by atoms with Gasteiger partial charge in [-0.1, -0.05) is 11.2 Å². The fourth-order valence-corrected chi connectivity index (χ4v) is 2.46. The lowest BCUT2D eigenvalue weighted by Gasteiger charge is -2.19. The zero-order chi connectivity index (χ0) is 14.3. The molecule has 0 bridgehead atoms. The van der Waals surface area contributed by atoms with Gasteiger partial charge < -0.3 is 14.6 Å². The van der Waals surface area contributed by atoms with Gasteiger partial charge in [0.25, 0.3) is 0 Å². The zero-order valence-electron chi connectivity index (χ0n) is 12.4. The first kappa shape index (κ1) is 13.2. The number of rotatable bonds is 3. The molecular weight excluding hydrogens is 252 g/mol. The molecule has 0 unspecified atom stereocenters. The van der Waals surface area contributed by atoms with Crippen LogP contribution in [0.1, 0.15) is 37.6 Å². The normalized spacial score (nSPS) is 13.2. The van der Waals surface area contributed by atoms with Crippen LogP contribution in [-0.4, -0.2) is 17.8 Å². The van der Waals surface area contributed by atoms with E-state index in [0.717, 1.165) is 35.7 Å². The van der Waals surface area contributed by atoms with Crippen LogP contribution in [0.5, 0.6) is 5.75 Å². The van der Waals surface area contributed by atoms with Gasteiger partial charge in [-0.25, -0.2) is 0 Å². The van der Waals surface area contributed by atoms with Gasteiger partial charge in [0.15, 0.2) is 5.76 Å². The number of nitrogens with one attached hydrogen (secondary N) is 1. The van der Waals surface area contributed by atoms with Crippen molar-refractivity contribution in [1.29, 1.82) is 0 Å². The number of aromatic nitrogens is 1. The molecule has 4 heteroatoms. The van der Waals surface area contributed by atoms with Gasteiger partial charge in [-0.05, 0) is 38.5 Å². The Labute approximate surface area is 119 Å². The third kappa shape index (κ3) is 2.31. The summed E-state index contributed by atoms with van der Waals surface area (Å²) in [6, 6.07) is 6.11. The van der Waals surface area contributed by atoms with Crippen LogP contribution in [0.4, 0.5) is 0 Å². The van der Waals surface area contributed by atoms with Gasteiger partial charge in [-0.3, -0.25) is 0 Å². The first-order chi connectivity index (χ1) is 9.48. The second kappa shape index (κ2) is 4.63. The Balaban J connectivity index is 1.89. The Morgan fingerprint density at radius 2 is 2.15 bits per heavy atom. The average molecular weight is 272 g/mol. The summed E-state index contributed by atoms with van der Waals surface area (Å²) in [6.45, 7) is 7.17. The molecule has 106 valence electrons. The van der Waals surface area contributed by atoms with Crippen LogP contribution < -0.4 is 10.1 Å². The topological polar surface area (TPSA) is 47.3 Å². The Bertz CT molecular complexity index is 638. The molecule has 0 amide bonds. The van der Waals surface area contributed by atoms with Gasteiger partial charge in [0.1, 0.15) is 11.4 Å². The molecule has 1 aromatic heterocycles. The van der Waals surface area contributed by atoms with Crippen molar-refractivity contribution in [3.8, 4) is 17.1 Å². The average Bonchev–Trinajstić information content (AvgIpc) is 2.93. The minimum absolute atomic E-state index is 0.0699. The molecule has 0 aliphatic heterocycles. The fourth-order valence-electron chi connectivity index (χ4n) is 2.46. The summed E-state index contributed by atoms with van der Waals surface area (Å²) >= 11 is 0. The molecule has 20 heavy (non-hydrogen) atoms. The first-order valence-corrected chi connectivity index (χ1v) is 6.87. The van der Waals surface area contributed by atoms with E-state index in [0.29, 0.717) is 0 Å². The summed E-state index contributed by atoms with van der Waals surface area (Å²) in [4.78, 5) is 0. The molecule has 3 rings (SSSR count). The summed E-state index contributed by atoms with van der Waals surface area (Å²) in [6.07, 6.45) is 0.888. The van der Waals surface area contributed by atoms with Crippen molar-refractivity contribution >= 4 is 0 Å². The molecule has 0 spiro atoms. The summed E-state index contributed by atoms with van der Waals surface area (Å²) in [5, 5.41) is 7.67. The molecule has 0 saturated heterocycles. The van der Waals surface area contributed by atoms with E-state index in [4.69, 9.17) is 9.26 Å². The fraction of sp³-hybridized carbons (Fsp3) is 0.438. The Morgan fingerprint density at radius 1 is 1.35 bits per heavy atom. The minimum Gasteiger partial charge on any atom is -0.497 e. The van der Waals surface area contributed by atoms with Crippen LogP contribution in [0, 0.1) is 0 Å². The minimum atomic E-state index is 0.0699. The van der Waals surface area contributed by atoms with Gasteiger partial charge in [0.2, 0.25) is 0 Å². The number of hydrogen-bond acceptors (Lipinski definition) is 4. The quantitative estimate of drug-likeness (QED) is 0.795. The van der Waals surface area contributed by atoms with Crippen LogP contribution in [-0.2, 0) is 13.0 Å². The van der Waals surface area contributed by atoms with E-state index in [9.17, 15) is 0 Å². The van der Waals surface area contributed by atoms with Crippen molar-refractivity contribution in [2.24, 2.45) is 0 Å². The zero-order valence-corrected chi connectivity index (χ0v) is 12.4. The largest absolute Gasteiger partial charge is 0.497 e. The number of hydrogen-bond donors (Lipinski definition) is 1. The number of methoxy groups -OCH3 is 1. The molecular formula is C16H20N2O2. The second-order valence-corrected chi connectivity index (χ2v) is 6.24. The summed E-state index contributed by atoms with van der Waals surface area (Å²) in [7, 11) is 1.68. The molecule has 1 aromatic carbocycles. The van der Waals surface area contributed by atoms with Crippen LogP contribution in [0.25, 0.3) is 11.3 Å². The van der Waals surface area contributed by atoms with Crippen LogP contribution >= 0.6 is 0 Å². The summed E-state index contributed by atoms with van der Waals surface area (Å²) in [5.41, 5.74) is 4.66. The van der Waals surface area contributed by atoms with Gasteiger partial charge in [0, 0.05) is 29.6 Å². The number of benzene rings is 1. The summed E-state index contributed by atoms with van der Waals surface area (Å²) in [5.74, 6) is 1.74. The third-order valence-corrected chi connectivity index (χ3v) is 3.58. The Hall–Kier alpha value is -1.81. The maximum atomic E-state index is 5.55. The van der Waals surface area contributed by atoms with E-state index in [2.05, 4.69) is 37.3 Å². The van der Waals surface area contributed by atoms with Gasteiger partial charge in [-0.2, -0.15) is 0 Å². The molecule has 1 N–H and O–H groups in total. The molecule has 0 fully saturated rings. The van der Waals surface area contributed by atoms with Crippen molar-refractivity contribution < 1.29 is 9.26 Å². The standard InChI is InChI=1S/C16H20N2O2/c1-16(2,3)17-9-14-13-7-10-5-6-11(19-4)8-12(10)15(13)20-18-14/h5-6,8,17H,7,9H2,1-4H3. The monoisotopic (exact) mass is 272 g/mol. The lowest BCUT2D eigenvalue weighted by Crippen LogP contribution is -2.35. The molecule has 2 aromatic rings. The van der Waals surface area contributed by atoms with Crippen LogP contribution in [0.15, 0.2) is 22.7 Å². The van der Waals surface area contributed by atoms with Crippen molar-refractivity contribution in [1.82, 2.24) is 10.5 Å². The van der Waals surface area contributed by atoms with Crippen molar-refractivity contribution in [2.45, 2.75) is 39.3 Å². The highest BCUT2D eigenvalue weighted by molar-refractivity contribution is 5.74. The molecule has 1 heterocycles. The lowest BCUT2D eigenvalue weighted by molar-refractivity contribution is 0.391. The lowest BCUT2D eigenvalue weighted by atomic mass is 10.1. The van der Waals surface area contributed by atoms with Gasteiger partial charge in [-0.15, -0.1) is 0 Å². The maximum Gasteiger partial charge on any atom is 0.171 e. The predicted octanol–water partition coefficient (Wildman–Crippen LogP) is 3.14. The first-order valence-electron chi connectivity index (χ1n) is 6.87. The molecule has 0 atom stereocenters. The number of nitrogens with zero attached hydrogens (tertiary/aromatic N) is 1. The van der Waals surface area contributed by atoms with E-state index < -0.39 is 0 Å². The van der Waals surface area contributed by atoms with E-state index >= 15 is 0 Å². The van der Waals surface area contributed by atoms with E-state index in [1.165, 1.54) is 11.1 Å². The molecule has 1 aliphatic rings. The maximum absolute atomic E-state index is 5.55. The van der Waals surface area contributed by atoms with Crippen molar-refractivity contribution in [2.75, 3.05) is 7.11 Å². The highest BCUT2D eigenvalue weighted by Crippen LogP contribution is 2.40. The van der Waals surface area contributed by atoms with E-state index in [-0.39, 0.29) is 5.54 Å². The van der Waals surface area contributed by atoms with Crippen LogP contribution in [0.3, 0.4) is 0 Å².